The van der Waals surface area contributed by atoms with Crippen LogP contribution >= 0.6 is 0 Å². The van der Waals surface area contributed by atoms with E-state index in [0.29, 0.717) is 6.61 Å². The quantitative estimate of drug-likeness (QED) is 0.0598. The SMILES string of the molecule is CCCO[C@H]1[CH-][C@H](O)[C@H](O[C@@H]2OC(CCS(=O)(=O)[O-])[C@@H](O[C@H]3[CH-][C@H](O)[C@H](O)[CH-]O3)[C@H](O)C2[NH-])[CH-]O1.O=S(=O)([O-])O.[Na+].[Na+].[Na+].[Na+].[Na+].[Na+]. The van der Waals surface area contributed by atoms with E-state index in [9.17, 15) is 33.4 Å². The molecule has 0 aromatic rings. The molecule has 0 spiro atoms. The number of aliphatic hydroxyl groups excluding tert-OH is 4. The minimum absolute atomic E-state index is 0. The van der Waals surface area contributed by atoms with Crippen LogP contribution in [0.15, 0.2) is 0 Å². The predicted octanol–water partition coefficient (Wildman–Crippen LogP) is -20.8. The number of hydrogen-bond donors (Lipinski definition) is 5. The zero-order valence-corrected chi connectivity index (χ0v) is 40.6. The molecule has 0 aromatic carbocycles. The molecule has 3 fully saturated rings. The van der Waals surface area contributed by atoms with Crippen LogP contribution < -0.4 is 177 Å². The van der Waals surface area contributed by atoms with E-state index in [1.807, 2.05) is 6.92 Å². The minimum Gasteiger partial charge on any atom is -0.748 e. The van der Waals surface area contributed by atoms with Crippen molar-refractivity contribution in [1.82, 2.24) is 0 Å². The van der Waals surface area contributed by atoms with Gasteiger partial charge in [-0.2, -0.15) is 13.2 Å². The van der Waals surface area contributed by atoms with Crippen LogP contribution in [0.3, 0.4) is 0 Å². The zero-order valence-electron chi connectivity index (χ0n) is 26.9. The van der Waals surface area contributed by atoms with Gasteiger partial charge >= 0.3 is 177 Å². The summed E-state index contributed by atoms with van der Waals surface area (Å²) in [5.74, 6) is -0.853. The van der Waals surface area contributed by atoms with E-state index in [2.05, 4.69) is 0 Å². The van der Waals surface area contributed by atoms with Crippen LogP contribution in [0, 0.1) is 26.1 Å². The topological polar surface area (TPSA) is 295 Å². The Morgan fingerprint density at radius 3 is 1.83 bits per heavy atom. The van der Waals surface area contributed by atoms with Gasteiger partial charge in [0.15, 0.2) is 0 Å². The summed E-state index contributed by atoms with van der Waals surface area (Å²) in [5.41, 5.74) is 8.34. The molecule has 0 saturated carbocycles. The standard InChI is InChI=1S/C20H32NO13S.6Na.H2O4S/c1-2-4-29-15-7-11(23)14(9-31-15)33-20-17(21)18(25)19(13(32-20)3-5-35(26,27)28)34-16-6-10(22)12(24)8-30-16;;;;;;;1-5(2,3)4/h6-25H,2-5H2,1H3,(H,26,27,28);;;;;;;(H2,1,2,3,4)/q-5;6*+1;/p-2/t10-,11-,12+,13?,14+,15+,16-,17?,18+,19+,20-;;;;;;;/m0......./s1. The molecule has 0 amide bonds. The van der Waals surface area contributed by atoms with Gasteiger partial charge in [0, 0.05) is 24.9 Å². The normalized spacial score (nSPS) is 34.2. The Morgan fingerprint density at radius 1 is 0.826 bits per heavy atom. The predicted molar refractivity (Wildman–Crippen MR) is 125 cm³/mol. The molecule has 3 saturated heterocycles. The first-order valence-electron chi connectivity index (χ1n) is 11.8. The average Bonchev–Trinajstić information content (AvgIpc) is 2.83. The zero-order chi connectivity index (χ0) is 30.3. The Hall–Kier alpha value is 5.34. The van der Waals surface area contributed by atoms with Crippen molar-refractivity contribution in [3.8, 4) is 0 Å². The smallest absolute Gasteiger partial charge is 0.748 e. The van der Waals surface area contributed by atoms with Crippen LogP contribution in [-0.2, 0) is 48.9 Å². The van der Waals surface area contributed by atoms with Gasteiger partial charge in [-0.1, -0.05) is 25.2 Å². The second-order valence-electron chi connectivity index (χ2n) is 8.75. The van der Waals surface area contributed by atoms with Crippen LogP contribution in [0.1, 0.15) is 19.8 Å². The summed E-state index contributed by atoms with van der Waals surface area (Å²) in [6.45, 7) is 4.39. The van der Waals surface area contributed by atoms with Gasteiger partial charge in [-0.15, -0.1) is 0 Å². The molecule has 2 unspecified atom stereocenters. The average molecular weight is 761 g/mol. The molecule has 0 bridgehead atoms. The first-order chi connectivity index (χ1) is 18.5. The molecule has 0 radical (unpaired) electrons. The van der Waals surface area contributed by atoms with Crippen molar-refractivity contribution >= 4 is 20.5 Å². The van der Waals surface area contributed by atoms with E-state index >= 15 is 0 Å². The van der Waals surface area contributed by atoms with Gasteiger partial charge in [-0.25, -0.2) is 29.7 Å². The molecule has 238 valence electrons. The van der Waals surface area contributed by atoms with E-state index in [1.54, 1.807) is 0 Å². The van der Waals surface area contributed by atoms with E-state index in [4.69, 9.17) is 51.7 Å². The van der Waals surface area contributed by atoms with Crippen molar-refractivity contribution in [3.05, 3.63) is 31.8 Å². The van der Waals surface area contributed by atoms with Crippen LogP contribution in [0.2, 0.25) is 0 Å². The van der Waals surface area contributed by atoms with Gasteiger partial charge in [0.2, 0.25) is 10.4 Å². The fraction of sp³-hybridized carbons (Fsp3) is 0.800. The van der Waals surface area contributed by atoms with Gasteiger partial charge in [0.05, 0.1) is 22.3 Å². The van der Waals surface area contributed by atoms with E-state index in [1.165, 1.54) is 13.0 Å². The summed E-state index contributed by atoms with van der Waals surface area (Å²) < 4.78 is 99.2. The Morgan fingerprint density at radius 2 is 1.35 bits per heavy atom. The molecule has 11 atom stereocenters. The summed E-state index contributed by atoms with van der Waals surface area (Å²) in [5, 5.41) is 40.4. The summed E-state index contributed by atoms with van der Waals surface area (Å²) in [6, 6.07) is -1.49. The molecule has 0 aliphatic carbocycles. The molecular formula is C20H32NNa6O17S2-. The van der Waals surface area contributed by atoms with E-state index in [0.717, 1.165) is 19.4 Å². The van der Waals surface area contributed by atoms with Crippen molar-refractivity contribution in [2.45, 2.75) is 87.4 Å². The Bertz CT molecular complexity index is 986. The molecule has 3 aliphatic rings. The molecule has 46 heavy (non-hydrogen) atoms. The molecule has 18 nitrogen and oxygen atoms in total. The fourth-order valence-corrected chi connectivity index (χ4v) is 4.16. The van der Waals surface area contributed by atoms with Crippen molar-refractivity contribution < 1.29 is 257 Å². The first-order valence-corrected chi connectivity index (χ1v) is 14.7. The number of aliphatic hydroxyl groups is 4. The summed E-state index contributed by atoms with van der Waals surface area (Å²) in [7, 11) is -9.57. The Labute approximate surface area is 402 Å². The molecule has 3 aliphatic heterocycles. The third-order valence-corrected chi connectivity index (χ3v) is 6.22. The van der Waals surface area contributed by atoms with Crippen molar-refractivity contribution in [2.75, 3.05) is 12.4 Å². The molecule has 6 N–H and O–H groups in total. The summed E-state index contributed by atoms with van der Waals surface area (Å²) in [4.78, 5) is 0. The Balaban J connectivity index is -0.000000473. The molecule has 3 rings (SSSR count). The van der Waals surface area contributed by atoms with Crippen LogP contribution in [0.5, 0.6) is 0 Å². The minimum atomic E-state index is -4.92. The van der Waals surface area contributed by atoms with Crippen LogP contribution in [0.4, 0.5) is 0 Å². The van der Waals surface area contributed by atoms with Crippen molar-refractivity contribution in [2.24, 2.45) is 0 Å². The second kappa shape index (κ2) is 29.6. The summed E-state index contributed by atoms with van der Waals surface area (Å²) >= 11 is 0. The molecule has 0 aromatic heterocycles. The van der Waals surface area contributed by atoms with Gasteiger partial charge in [-0.3, -0.25) is 4.55 Å². The van der Waals surface area contributed by atoms with E-state index < -0.39 is 100 Å². The maximum absolute atomic E-state index is 11.2. The maximum atomic E-state index is 11.2. The third-order valence-electron chi connectivity index (χ3n) is 5.49. The van der Waals surface area contributed by atoms with Crippen molar-refractivity contribution in [3.63, 3.8) is 0 Å². The van der Waals surface area contributed by atoms with Gasteiger partial charge < -0.3 is 63.7 Å². The monoisotopic (exact) mass is 760 g/mol. The second-order valence-corrected chi connectivity index (χ2v) is 11.1. The third kappa shape index (κ3) is 24.0. The number of nitrogens with one attached hydrogen (secondary N) is 1. The summed E-state index contributed by atoms with van der Waals surface area (Å²) in [6.07, 6.45) is -9.86. The first kappa shape index (κ1) is 60.6. The maximum Gasteiger partial charge on any atom is 1.00 e. The van der Waals surface area contributed by atoms with Gasteiger partial charge in [-0.05, 0) is 25.0 Å². The molecule has 3 heterocycles. The van der Waals surface area contributed by atoms with E-state index in [-0.39, 0.29) is 177 Å². The van der Waals surface area contributed by atoms with Crippen LogP contribution in [-0.4, -0.2) is 131 Å². The number of ether oxygens (including phenoxy) is 6. The van der Waals surface area contributed by atoms with Gasteiger partial charge in [0.25, 0.3) is 0 Å². The molecule has 26 heteroatoms. The van der Waals surface area contributed by atoms with Gasteiger partial charge in [0.1, 0.15) is 12.4 Å². The largest absolute Gasteiger partial charge is 1.00 e. The molecular weight excluding hydrogens is 728 g/mol. The van der Waals surface area contributed by atoms with Crippen molar-refractivity contribution in [1.29, 1.82) is 0 Å². The fourth-order valence-electron chi connectivity index (χ4n) is 3.64. The van der Waals surface area contributed by atoms with Crippen LogP contribution in [0.25, 0.3) is 5.73 Å². The number of rotatable bonds is 10. The number of hydrogen-bond acceptors (Lipinski definition) is 16. The Kier molecular flexibility index (Phi) is 39.0.